The van der Waals surface area contributed by atoms with Crippen LogP contribution in [0.25, 0.3) is 0 Å². The fraction of sp³-hybridized carbons (Fsp3) is 0.333. The molecule has 0 saturated carbocycles. The van der Waals surface area contributed by atoms with Crippen LogP contribution in [-0.4, -0.2) is 35.4 Å². The van der Waals surface area contributed by atoms with E-state index >= 15 is 0 Å². The molecule has 9 heteroatoms. The van der Waals surface area contributed by atoms with E-state index in [1.807, 2.05) is 0 Å². The molecule has 1 N–H and O–H groups in total. The molecule has 130 valence electrons. The molecule has 1 unspecified atom stereocenters. The number of alkyl halides is 3. The lowest BCUT2D eigenvalue weighted by Crippen LogP contribution is -2.36. The van der Waals surface area contributed by atoms with Crippen molar-refractivity contribution in [1.82, 2.24) is 4.90 Å². The zero-order valence-electron chi connectivity index (χ0n) is 12.2. The minimum atomic E-state index is -4.92. The van der Waals surface area contributed by atoms with E-state index in [9.17, 15) is 22.8 Å². The van der Waals surface area contributed by atoms with Gasteiger partial charge >= 0.3 is 6.18 Å². The summed E-state index contributed by atoms with van der Waals surface area (Å²) in [4.78, 5) is 24.6. The van der Waals surface area contributed by atoms with E-state index < -0.39 is 23.9 Å². The summed E-state index contributed by atoms with van der Waals surface area (Å²) in [6.45, 7) is 0.390. The van der Waals surface area contributed by atoms with Gasteiger partial charge in [-0.15, -0.1) is 0 Å². The van der Waals surface area contributed by atoms with Crippen LogP contribution in [0, 0.1) is 0 Å². The number of nitrogens with one attached hydrogen (secondary N) is 1. The Kier molecular flexibility index (Phi) is 5.77. The summed E-state index contributed by atoms with van der Waals surface area (Å²) < 4.78 is 36.6. The van der Waals surface area contributed by atoms with Crippen molar-refractivity contribution in [3.8, 4) is 0 Å². The molecule has 1 atom stereocenters. The molecule has 1 aromatic rings. The van der Waals surface area contributed by atoms with Gasteiger partial charge in [0, 0.05) is 24.5 Å². The van der Waals surface area contributed by atoms with Crippen LogP contribution in [0.5, 0.6) is 0 Å². The molecular formula is C15H13Cl2F3N2O2. The highest BCUT2D eigenvalue weighted by Crippen LogP contribution is 2.26. The number of hydrogen-bond donors (Lipinski definition) is 1. The van der Waals surface area contributed by atoms with E-state index in [-0.39, 0.29) is 5.02 Å². The Morgan fingerprint density at radius 3 is 2.58 bits per heavy atom. The first-order chi connectivity index (χ1) is 11.2. The number of amides is 1. The molecule has 1 heterocycles. The summed E-state index contributed by atoms with van der Waals surface area (Å²) in [7, 11) is 0. The van der Waals surface area contributed by atoms with E-state index in [1.165, 1.54) is 17.0 Å². The summed E-state index contributed by atoms with van der Waals surface area (Å²) in [6, 6.07) is 3.91. The number of ketones is 1. The van der Waals surface area contributed by atoms with Crippen molar-refractivity contribution in [2.45, 2.75) is 25.1 Å². The van der Waals surface area contributed by atoms with Crippen LogP contribution in [0.15, 0.2) is 30.5 Å². The van der Waals surface area contributed by atoms with Crippen LogP contribution in [0.3, 0.4) is 0 Å². The molecule has 1 aliphatic heterocycles. The summed E-state index contributed by atoms with van der Waals surface area (Å²) in [5, 5.41) is 3.25. The SMILES string of the molecule is O=C(Nc1ccc(Cl)c(Cl)c1)C1CCCN1C=CC(=O)C(F)(F)F. The zero-order chi connectivity index (χ0) is 17.9. The summed E-state index contributed by atoms with van der Waals surface area (Å²) in [5.74, 6) is -2.35. The normalized spacial score (nSPS) is 18.2. The number of hydrogen-bond acceptors (Lipinski definition) is 3. The topological polar surface area (TPSA) is 49.4 Å². The van der Waals surface area contributed by atoms with Gasteiger partial charge in [0.05, 0.1) is 10.0 Å². The summed E-state index contributed by atoms with van der Waals surface area (Å²) in [5.41, 5.74) is 0.427. The minimum absolute atomic E-state index is 0.272. The molecule has 1 saturated heterocycles. The Bertz CT molecular complexity index is 677. The average molecular weight is 381 g/mol. The van der Waals surface area contributed by atoms with Gasteiger partial charge in [-0.3, -0.25) is 9.59 Å². The highest BCUT2D eigenvalue weighted by molar-refractivity contribution is 6.42. The minimum Gasteiger partial charge on any atom is -0.365 e. The van der Waals surface area contributed by atoms with Crippen molar-refractivity contribution in [2.24, 2.45) is 0 Å². The Labute approximate surface area is 146 Å². The lowest BCUT2D eigenvalue weighted by atomic mass is 10.2. The third-order valence-corrected chi connectivity index (χ3v) is 4.22. The lowest BCUT2D eigenvalue weighted by Gasteiger charge is -2.22. The second-order valence-electron chi connectivity index (χ2n) is 5.19. The molecule has 2 rings (SSSR count). The maximum atomic E-state index is 12.3. The van der Waals surface area contributed by atoms with Gasteiger partial charge in [-0.2, -0.15) is 13.2 Å². The predicted molar refractivity (Wildman–Crippen MR) is 85.0 cm³/mol. The monoisotopic (exact) mass is 380 g/mol. The van der Waals surface area contributed by atoms with Crippen LogP contribution in [0.4, 0.5) is 18.9 Å². The van der Waals surface area contributed by atoms with Gasteiger partial charge in [0.15, 0.2) is 0 Å². The van der Waals surface area contributed by atoms with Crippen LogP contribution >= 0.6 is 23.2 Å². The number of halogens is 5. The van der Waals surface area contributed by atoms with Crippen molar-refractivity contribution in [2.75, 3.05) is 11.9 Å². The van der Waals surface area contributed by atoms with Gasteiger partial charge in [-0.1, -0.05) is 23.2 Å². The van der Waals surface area contributed by atoms with Gasteiger partial charge in [-0.05, 0) is 31.0 Å². The first-order valence-electron chi connectivity index (χ1n) is 6.99. The lowest BCUT2D eigenvalue weighted by molar-refractivity contribution is -0.165. The number of carbonyl (C=O) groups is 2. The van der Waals surface area contributed by atoms with Gasteiger partial charge in [0.1, 0.15) is 6.04 Å². The third kappa shape index (κ3) is 4.64. The Morgan fingerprint density at radius 1 is 1.25 bits per heavy atom. The molecule has 0 aromatic heterocycles. The fourth-order valence-electron chi connectivity index (χ4n) is 2.31. The predicted octanol–water partition coefficient (Wildman–Crippen LogP) is 4.04. The number of rotatable bonds is 4. The van der Waals surface area contributed by atoms with Crippen LogP contribution < -0.4 is 5.32 Å². The molecule has 1 aromatic carbocycles. The highest BCUT2D eigenvalue weighted by atomic mass is 35.5. The number of allylic oxidation sites excluding steroid dienone is 1. The summed E-state index contributed by atoms with van der Waals surface area (Å²) in [6.07, 6.45) is -2.37. The standard InChI is InChI=1S/C15H13Cl2F3N2O2/c16-10-4-3-9(8-11(10)17)21-14(24)12-2-1-6-22(12)7-5-13(23)15(18,19)20/h3-5,7-8,12H,1-2,6H2,(H,21,24). The fourth-order valence-corrected chi connectivity index (χ4v) is 2.60. The Balaban J connectivity index is 2.04. The van der Waals surface area contributed by atoms with E-state index in [4.69, 9.17) is 23.2 Å². The number of benzene rings is 1. The second-order valence-corrected chi connectivity index (χ2v) is 6.01. The first kappa shape index (κ1) is 18.6. The molecule has 1 fully saturated rings. The molecule has 0 radical (unpaired) electrons. The number of nitrogens with zero attached hydrogens (tertiary/aromatic N) is 1. The van der Waals surface area contributed by atoms with Crippen LogP contribution in [0.2, 0.25) is 10.0 Å². The largest absolute Gasteiger partial charge is 0.454 e. The Morgan fingerprint density at radius 2 is 1.96 bits per heavy atom. The number of anilines is 1. The number of likely N-dealkylation sites (tertiary alicyclic amines) is 1. The van der Waals surface area contributed by atoms with Crippen LogP contribution in [0.1, 0.15) is 12.8 Å². The maximum absolute atomic E-state index is 12.3. The maximum Gasteiger partial charge on any atom is 0.454 e. The third-order valence-electron chi connectivity index (χ3n) is 3.48. The van der Waals surface area contributed by atoms with E-state index in [0.717, 1.165) is 6.20 Å². The zero-order valence-corrected chi connectivity index (χ0v) is 13.8. The molecule has 1 aliphatic rings. The molecule has 0 bridgehead atoms. The van der Waals surface area contributed by atoms with Crippen molar-refractivity contribution in [3.63, 3.8) is 0 Å². The van der Waals surface area contributed by atoms with Crippen molar-refractivity contribution in [3.05, 3.63) is 40.5 Å². The quantitative estimate of drug-likeness (QED) is 0.801. The van der Waals surface area contributed by atoms with E-state index in [0.29, 0.717) is 36.2 Å². The molecule has 0 aliphatic carbocycles. The van der Waals surface area contributed by atoms with Gasteiger partial charge in [0.25, 0.3) is 5.78 Å². The molecule has 4 nitrogen and oxygen atoms in total. The molecule has 24 heavy (non-hydrogen) atoms. The van der Waals surface area contributed by atoms with Gasteiger partial charge in [-0.25, -0.2) is 0 Å². The van der Waals surface area contributed by atoms with Crippen molar-refractivity contribution >= 4 is 40.6 Å². The first-order valence-corrected chi connectivity index (χ1v) is 7.75. The molecular weight excluding hydrogens is 368 g/mol. The second kappa shape index (κ2) is 7.44. The highest BCUT2D eigenvalue weighted by Gasteiger charge is 2.37. The molecule has 0 spiro atoms. The average Bonchev–Trinajstić information content (AvgIpc) is 2.96. The van der Waals surface area contributed by atoms with Gasteiger partial charge < -0.3 is 10.2 Å². The smallest absolute Gasteiger partial charge is 0.365 e. The Hall–Kier alpha value is -1.73. The number of carbonyl (C=O) groups excluding carboxylic acids is 2. The van der Waals surface area contributed by atoms with E-state index in [2.05, 4.69) is 5.32 Å². The van der Waals surface area contributed by atoms with Crippen molar-refractivity contribution in [1.29, 1.82) is 0 Å². The van der Waals surface area contributed by atoms with Crippen LogP contribution in [-0.2, 0) is 9.59 Å². The van der Waals surface area contributed by atoms with Gasteiger partial charge in [0.2, 0.25) is 5.91 Å². The van der Waals surface area contributed by atoms with Crippen molar-refractivity contribution < 1.29 is 22.8 Å². The summed E-state index contributed by atoms with van der Waals surface area (Å²) >= 11 is 11.7. The molecule has 1 amide bonds. The van der Waals surface area contributed by atoms with E-state index in [1.54, 1.807) is 6.07 Å².